The number of amides is 2. The van der Waals surface area contributed by atoms with Crippen LogP contribution in [0.2, 0.25) is 0 Å². The van der Waals surface area contributed by atoms with Crippen LogP contribution in [0.1, 0.15) is 31.9 Å². The van der Waals surface area contributed by atoms with Crippen molar-refractivity contribution in [1.29, 1.82) is 0 Å². The van der Waals surface area contributed by atoms with Gasteiger partial charge in [0.15, 0.2) is 0 Å². The molecule has 0 atom stereocenters. The number of fused-ring (bicyclic) bond motifs is 3. The number of aromatic amines is 1. The number of benzene rings is 3. The zero-order valence-corrected chi connectivity index (χ0v) is 18.8. The van der Waals surface area contributed by atoms with Crippen molar-refractivity contribution in [3.63, 3.8) is 0 Å². The smallest absolute Gasteiger partial charge is 0.407 e. The number of hydrogen-bond acceptors (Lipinski definition) is 3. The van der Waals surface area contributed by atoms with Gasteiger partial charge in [0.2, 0.25) is 5.91 Å². The minimum atomic E-state index is -0.547. The maximum Gasteiger partial charge on any atom is 0.407 e. The third-order valence-electron chi connectivity index (χ3n) is 5.06. The second kappa shape index (κ2) is 8.94. The zero-order chi connectivity index (χ0) is 23.6. The van der Waals surface area contributed by atoms with E-state index in [1.807, 2.05) is 51.1 Å². The van der Waals surface area contributed by atoms with Crippen LogP contribution in [0.3, 0.4) is 0 Å². The standard InChI is InChI=1S/C26H26FN3O3/c1-26(2,3)33-25(32)28-15-16-4-8-19(9-5-16)29-24(31)13-17-6-10-20-21-11-7-18(27)14-23(21)30-22(20)12-17/h4-12,14,30H,13,15H2,1-3H3,(H,28,32)(H,29,31). The maximum absolute atomic E-state index is 13.5. The Morgan fingerprint density at radius 1 is 0.909 bits per heavy atom. The van der Waals surface area contributed by atoms with Gasteiger partial charge in [0.05, 0.1) is 6.42 Å². The lowest BCUT2D eigenvalue weighted by molar-refractivity contribution is -0.115. The van der Waals surface area contributed by atoms with Gasteiger partial charge in [-0.1, -0.05) is 24.3 Å². The summed E-state index contributed by atoms with van der Waals surface area (Å²) in [5, 5.41) is 7.53. The van der Waals surface area contributed by atoms with E-state index in [1.165, 1.54) is 12.1 Å². The molecular formula is C26H26FN3O3. The number of alkyl carbamates (subject to hydrolysis) is 1. The Bertz CT molecular complexity index is 1320. The minimum absolute atomic E-state index is 0.142. The number of aromatic nitrogens is 1. The molecule has 0 radical (unpaired) electrons. The Morgan fingerprint density at radius 2 is 1.55 bits per heavy atom. The summed E-state index contributed by atoms with van der Waals surface area (Å²) in [5.41, 5.74) is 3.46. The Kier molecular flexibility index (Phi) is 6.05. The number of halogens is 1. The van der Waals surface area contributed by atoms with E-state index >= 15 is 0 Å². The average molecular weight is 448 g/mol. The van der Waals surface area contributed by atoms with E-state index in [2.05, 4.69) is 15.6 Å². The van der Waals surface area contributed by atoms with Crippen LogP contribution in [0.4, 0.5) is 14.9 Å². The van der Waals surface area contributed by atoms with Crippen LogP contribution in [0.25, 0.3) is 21.8 Å². The van der Waals surface area contributed by atoms with Crippen LogP contribution in [-0.4, -0.2) is 22.6 Å². The van der Waals surface area contributed by atoms with Crippen molar-refractivity contribution in [2.75, 3.05) is 5.32 Å². The highest BCUT2D eigenvalue weighted by Crippen LogP contribution is 2.27. The van der Waals surface area contributed by atoms with Crippen LogP contribution in [0, 0.1) is 5.82 Å². The Hall–Kier alpha value is -3.87. The SMILES string of the molecule is CC(C)(C)OC(=O)NCc1ccc(NC(=O)Cc2ccc3c(c2)[nH]c2cc(F)ccc23)cc1. The Balaban J connectivity index is 1.35. The number of ether oxygens (including phenoxy) is 1. The highest BCUT2D eigenvalue weighted by Gasteiger charge is 2.15. The van der Waals surface area contributed by atoms with Gasteiger partial charge in [-0.25, -0.2) is 9.18 Å². The van der Waals surface area contributed by atoms with Crippen molar-refractivity contribution in [2.45, 2.75) is 39.3 Å². The molecule has 0 aliphatic heterocycles. The molecule has 0 bridgehead atoms. The number of carbonyl (C=O) groups excluding carboxylic acids is 2. The summed E-state index contributed by atoms with van der Waals surface area (Å²) in [5.74, 6) is -0.434. The normalized spacial score (nSPS) is 11.5. The lowest BCUT2D eigenvalue weighted by Crippen LogP contribution is -2.32. The van der Waals surface area contributed by atoms with E-state index in [9.17, 15) is 14.0 Å². The summed E-state index contributed by atoms with van der Waals surface area (Å²) < 4.78 is 18.7. The predicted molar refractivity (Wildman–Crippen MR) is 128 cm³/mol. The molecule has 0 fully saturated rings. The fourth-order valence-electron chi connectivity index (χ4n) is 3.62. The van der Waals surface area contributed by atoms with E-state index in [0.717, 1.165) is 32.9 Å². The Labute approximate surface area is 191 Å². The number of anilines is 1. The molecule has 0 unspecified atom stereocenters. The van der Waals surface area contributed by atoms with E-state index in [-0.39, 0.29) is 18.1 Å². The van der Waals surface area contributed by atoms with Crippen LogP contribution >= 0.6 is 0 Å². The second-order valence-electron chi connectivity index (χ2n) is 8.97. The number of rotatable bonds is 5. The summed E-state index contributed by atoms with van der Waals surface area (Å²) in [6, 6.07) is 17.7. The highest BCUT2D eigenvalue weighted by molar-refractivity contribution is 6.07. The number of hydrogen-bond donors (Lipinski definition) is 3. The third kappa shape index (κ3) is 5.68. The largest absolute Gasteiger partial charge is 0.444 e. The van der Waals surface area contributed by atoms with Crippen molar-refractivity contribution < 1.29 is 18.7 Å². The van der Waals surface area contributed by atoms with Gasteiger partial charge in [-0.2, -0.15) is 0 Å². The third-order valence-corrected chi connectivity index (χ3v) is 5.06. The van der Waals surface area contributed by atoms with Crippen molar-refractivity contribution in [3.05, 3.63) is 77.6 Å². The molecule has 3 aromatic carbocycles. The van der Waals surface area contributed by atoms with Gasteiger partial charge < -0.3 is 20.4 Å². The highest BCUT2D eigenvalue weighted by atomic mass is 19.1. The topological polar surface area (TPSA) is 83.2 Å². The molecule has 7 heteroatoms. The maximum atomic E-state index is 13.5. The van der Waals surface area contributed by atoms with E-state index in [0.29, 0.717) is 12.2 Å². The summed E-state index contributed by atoms with van der Waals surface area (Å²) in [4.78, 5) is 27.5. The summed E-state index contributed by atoms with van der Waals surface area (Å²) in [6.45, 7) is 5.76. The van der Waals surface area contributed by atoms with Gasteiger partial charge in [0.1, 0.15) is 11.4 Å². The van der Waals surface area contributed by atoms with Gasteiger partial charge in [0, 0.05) is 34.0 Å². The van der Waals surface area contributed by atoms with Crippen molar-refractivity contribution >= 4 is 39.5 Å². The van der Waals surface area contributed by atoms with Gasteiger partial charge in [-0.3, -0.25) is 4.79 Å². The van der Waals surface area contributed by atoms with Gasteiger partial charge in [-0.15, -0.1) is 0 Å². The van der Waals surface area contributed by atoms with Crippen molar-refractivity contribution in [1.82, 2.24) is 10.3 Å². The first kappa shape index (κ1) is 22.3. The number of carbonyl (C=O) groups is 2. The zero-order valence-electron chi connectivity index (χ0n) is 18.8. The molecule has 170 valence electrons. The molecule has 2 amide bonds. The van der Waals surface area contributed by atoms with E-state index in [1.54, 1.807) is 18.2 Å². The molecule has 0 saturated heterocycles. The predicted octanol–water partition coefficient (Wildman–Crippen LogP) is 5.67. The lowest BCUT2D eigenvalue weighted by atomic mass is 10.1. The minimum Gasteiger partial charge on any atom is -0.444 e. The molecule has 3 N–H and O–H groups in total. The molecule has 4 rings (SSSR count). The monoisotopic (exact) mass is 447 g/mol. The summed E-state index contributed by atoms with van der Waals surface area (Å²) in [7, 11) is 0. The van der Waals surface area contributed by atoms with Gasteiger partial charge >= 0.3 is 6.09 Å². The molecule has 4 aromatic rings. The van der Waals surface area contributed by atoms with E-state index in [4.69, 9.17) is 4.74 Å². The lowest BCUT2D eigenvalue weighted by Gasteiger charge is -2.19. The molecule has 1 aromatic heterocycles. The van der Waals surface area contributed by atoms with E-state index < -0.39 is 11.7 Å². The van der Waals surface area contributed by atoms with Gasteiger partial charge in [-0.05, 0) is 68.3 Å². The summed E-state index contributed by atoms with van der Waals surface area (Å²) in [6.07, 6.45) is -0.265. The second-order valence-corrected chi connectivity index (χ2v) is 8.97. The molecule has 0 spiro atoms. The molecule has 6 nitrogen and oxygen atoms in total. The quantitative estimate of drug-likeness (QED) is 0.369. The molecule has 33 heavy (non-hydrogen) atoms. The molecule has 0 aliphatic rings. The van der Waals surface area contributed by atoms with Crippen LogP contribution < -0.4 is 10.6 Å². The fraction of sp³-hybridized carbons (Fsp3) is 0.231. The fourth-order valence-corrected chi connectivity index (χ4v) is 3.62. The molecule has 0 aliphatic carbocycles. The van der Waals surface area contributed by atoms with Crippen LogP contribution in [-0.2, 0) is 22.5 Å². The van der Waals surface area contributed by atoms with Crippen LogP contribution in [0.15, 0.2) is 60.7 Å². The first-order valence-electron chi connectivity index (χ1n) is 10.7. The molecule has 1 heterocycles. The van der Waals surface area contributed by atoms with Crippen molar-refractivity contribution in [3.8, 4) is 0 Å². The van der Waals surface area contributed by atoms with Crippen LogP contribution in [0.5, 0.6) is 0 Å². The van der Waals surface area contributed by atoms with Gasteiger partial charge in [0.25, 0.3) is 0 Å². The number of nitrogens with one attached hydrogen (secondary N) is 3. The molecule has 0 saturated carbocycles. The Morgan fingerprint density at radius 3 is 2.24 bits per heavy atom. The van der Waals surface area contributed by atoms with Crippen molar-refractivity contribution in [2.24, 2.45) is 0 Å². The molecular weight excluding hydrogens is 421 g/mol. The number of H-pyrrole nitrogens is 1. The summed E-state index contributed by atoms with van der Waals surface area (Å²) >= 11 is 0. The first-order chi connectivity index (χ1) is 15.7. The average Bonchev–Trinajstić information content (AvgIpc) is 3.08. The first-order valence-corrected chi connectivity index (χ1v) is 10.7.